The first-order valence-corrected chi connectivity index (χ1v) is 8.96. The van der Waals surface area contributed by atoms with E-state index in [0.29, 0.717) is 11.8 Å². The molecular weight excluding hydrogens is 272 g/mol. The van der Waals surface area contributed by atoms with Gasteiger partial charge in [0.25, 0.3) is 0 Å². The molecular formula is C20H42O2. The van der Waals surface area contributed by atoms with Crippen LogP contribution in [0.1, 0.15) is 95.9 Å². The van der Waals surface area contributed by atoms with Crippen molar-refractivity contribution in [1.82, 2.24) is 0 Å². The summed E-state index contributed by atoms with van der Waals surface area (Å²) in [6.07, 6.45) is 2.16. The molecule has 0 saturated carbocycles. The molecule has 2 atom stereocenters. The normalized spacial score (nSPS) is 17.5. The van der Waals surface area contributed by atoms with Gasteiger partial charge in [0.2, 0.25) is 0 Å². The van der Waals surface area contributed by atoms with Crippen LogP contribution >= 0.6 is 0 Å². The van der Waals surface area contributed by atoms with E-state index in [1.165, 1.54) is 0 Å². The first-order chi connectivity index (χ1) is 9.59. The maximum absolute atomic E-state index is 6.05. The Labute approximate surface area is 140 Å². The minimum absolute atomic E-state index is 0.194. The highest BCUT2D eigenvalue weighted by molar-refractivity contribution is 4.88. The maximum Gasteiger partial charge on any atom is 0.101 e. The van der Waals surface area contributed by atoms with E-state index in [0.717, 1.165) is 12.8 Å². The van der Waals surface area contributed by atoms with Gasteiger partial charge in [-0.25, -0.2) is 9.78 Å². The van der Waals surface area contributed by atoms with Crippen LogP contribution < -0.4 is 0 Å². The minimum atomic E-state index is -0.305. The predicted octanol–water partition coefficient (Wildman–Crippen LogP) is 6.64. The van der Waals surface area contributed by atoms with Gasteiger partial charge in [0.05, 0.1) is 0 Å². The third kappa shape index (κ3) is 5.85. The Bertz CT molecular complexity index is 295. The number of hydrogen-bond donors (Lipinski definition) is 0. The van der Waals surface area contributed by atoms with Crippen LogP contribution in [0.15, 0.2) is 0 Å². The third-order valence-corrected chi connectivity index (χ3v) is 5.06. The van der Waals surface area contributed by atoms with Gasteiger partial charge in [-0.15, -0.1) is 0 Å². The van der Waals surface area contributed by atoms with Gasteiger partial charge in [0.1, 0.15) is 11.2 Å². The molecule has 2 unspecified atom stereocenters. The molecule has 0 bridgehead atoms. The van der Waals surface area contributed by atoms with E-state index < -0.39 is 0 Å². The molecule has 0 heterocycles. The largest absolute Gasteiger partial charge is 0.230 e. The summed E-state index contributed by atoms with van der Waals surface area (Å²) in [4.78, 5) is 12.1. The maximum atomic E-state index is 6.05. The molecule has 0 aliphatic rings. The first-order valence-electron chi connectivity index (χ1n) is 8.96. The van der Waals surface area contributed by atoms with Crippen LogP contribution in [0.2, 0.25) is 0 Å². The quantitative estimate of drug-likeness (QED) is 0.387. The summed E-state index contributed by atoms with van der Waals surface area (Å²) in [5, 5.41) is 0. The van der Waals surface area contributed by atoms with Gasteiger partial charge in [-0.05, 0) is 63.2 Å². The molecule has 0 rings (SSSR count). The molecule has 0 aliphatic heterocycles. The van der Waals surface area contributed by atoms with E-state index in [1.54, 1.807) is 0 Å². The van der Waals surface area contributed by atoms with E-state index >= 15 is 0 Å². The highest BCUT2D eigenvalue weighted by atomic mass is 17.2. The average molecular weight is 315 g/mol. The van der Waals surface area contributed by atoms with E-state index in [1.807, 2.05) is 0 Å². The van der Waals surface area contributed by atoms with Gasteiger partial charge in [0, 0.05) is 0 Å². The molecule has 0 amide bonds. The Kier molecular flexibility index (Phi) is 7.19. The van der Waals surface area contributed by atoms with E-state index in [-0.39, 0.29) is 22.0 Å². The topological polar surface area (TPSA) is 18.5 Å². The van der Waals surface area contributed by atoms with Crippen molar-refractivity contribution in [2.24, 2.45) is 22.7 Å². The summed E-state index contributed by atoms with van der Waals surface area (Å²) >= 11 is 0. The fourth-order valence-corrected chi connectivity index (χ4v) is 4.62. The van der Waals surface area contributed by atoms with Crippen molar-refractivity contribution in [3.8, 4) is 0 Å². The lowest BCUT2D eigenvalue weighted by Gasteiger charge is -2.45. The summed E-state index contributed by atoms with van der Waals surface area (Å²) < 4.78 is 0. The fraction of sp³-hybridized carbons (Fsp3) is 1.00. The van der Waals surface area contributed by atoms with E-state index in [4.69, 9.17) is 9.78 Å². The first kappa shape index (κ1) is 21.9. The fourth-order valence-electron chi connectivity index (χ4n) is 4.62. The zero-order chi connectivity index (χ0) is 18.0. The van der Waals surface area contributed by atoms with Crippen molar-refractivity contribution < 1.29 is 9.78 Å². The molecule has 0 spiro atoms. The summed E-state index contributed by atoms with van der Waals surface area (Å²) in [6, 6.07) is 0. The zero-order valence-corrected chi connectivity index (χ0v) is 17.4. The standard InChI is InChI=1S/C20H42O2/c1-13-15(17(3,4)5)19(9,10)21-22-20(11,12)16(14-2)18(6,7)8/h15-16H,13-14H2,1-12H3. The number of hydrogen-bond acceptors (Lipinski definition) is 2. The molecule has 0 fully saturated rings. The van der Waals surface area contributed by atoms with Gasteiger partial charge in [-0.2, -0.15) is 0 Å². The van der Waals surface area contributed by atoms with Crippen molar-refractivity contribution in [2.45, 2.75) is 107 Å². The second kappa shape index (κ2) is 7.21. The Morgan fingerprint density at radius 3 is 0.909 bits per heavy atom. The summed E-state index contributed by atoms with van der Waals surface area (Å²) in [7, 11) is 0. The smallest absolute Gasteiger partial charge is 0.101 e. The van der Waals surface area contributed by atoms with Crippen molar-refractivity contribution in [3.05, 3.63) is 0 Å². The molecule has 134 valence electrons. The zero-order valence-electron chi connectivity index (χ0n) is 17.4. The van der Waals surface area contributed by atoms with Gasteiger partial charge in [-0.1, -0.05) is 55.4 Å². The lowest BCUT2D eigenvalue weighted by atomic mass is 9.70. The van der Waals surface area contributed by atoms with Crippen molar-refractivity contribution in [2.75, 3.05) is 0 Å². The van der Waals surface area contributed by atoms with Crippen LogP contribution in [0.5, 0.6) is 0 Å². The van der Waals surface area contributed by atoms with Crippen LogP contribution in [0, 0.1) is 22.7 Å². The van der Waals surface area contributed by atoms with Gasteiger partial charge in [-0.3, -0.25) is 0 Å². The SMILES string of the molecule is CCC(C(C)(C)C)C(C)(C)OOC(C)(C)C(CC)C(C)(C)C. The molecule has 22 heavy (non-hydrogen) atoms. The van der Waals surface area contributed by atoms with Gasteiger partial charge >= 0.3 is 0 Å². The molecule has 0 aromatic heterocycles. The summed E-state index contributed by atoms with van der Waals surface area (Å²) in [5.74, 6) is 0.871. The number of rotatable bonds is 7. The van der Waals surface area contributed by atoms with Crippen LogP contribution in [-0.2, 0) is 9.78 Å². The molecule has 2 heteroatoms. The average Bonchev–Trinajstić information content (AvgIpc) is 2.23. The van der Waals surface area contributed by atoms with Gasteiger partial charge in [0.15, 0.2) is 0 Å². The van der Waals surface area contributed by atoms with Crippen molar-refractivity contribution >= 4 is 0 Å². The lowest BCUT2D eigenvalue weighted by molar-refractivity contribution is -0.425. The molecule has 0 aromatic rings. The molecule has 0 N–H and O–H groups in total. The second-order valence-electron chi connectivity index (χ2n) is 10.0. The summed E-state index contributed by atoms with van der Waals surface area (Å²) in [6.45, 7) is 26.8. The molecule has 0 saturated heterocycles. The Balaban J connectivity index is 5.10. The van der Waals surface area contributed by atoms with Crippen molar-refractivity contribution in [1.29, 1.82) is 0 Å². The lowest BCUT2D eigenvalue weighted by Crippen LogP contribution is -2.47. The van der Waals surface area contributed by atoms with Gasteiger partial charge < -0.3 is 0 Å². The molecule has 0 radical (unpaired) electrons. The molecule has 0 aliphatic carbocycles. The van der Waals surface area contributed by atoms with Crippen molar-refractivity contribution in [3.63, 3.8) is 0 Å². The Morgan fingerprint density at radius 1 is 0.545 bits per heavy atom. The Morgan fingerprint density at radius 2 is 0.773 bits per heavy atom. The highest BCUT2D eigenvalue weighted by Gasteiger charge is 2.43. The monoisotopic (exact) mass is 314 g/mol. The predicted molar refractivity (Wildman–Crippen MR) is 96.8 cm³/mol. The minimum Gasteiger partial charge on any atom is -0.230 e. The summed E-state index contributed by atoms with van der Waals surface area (Å²) in [5.41, 5.74) is -0.221. The third-order valence-electron chi connectivity index (χ3n) is 5.06. The van der Waals surface area contributed by atoms with Crippen LogP contribution in [-0.4, -0.2) is 11.2 Å². The van der Waals surface area contributed by atoms with E-state index in [9.17, 15) is 0 Å². The Hall–Kier alpha value is -0.0800. The molecule has 2 nitrogen and oxygen atoms in total. The second-order valence-corrected chi connectivity index (χ2v) is 10.0. The van der Waals surface area contributed by atoms with Crippen LogP contribution in [0.4, 0.5) is 0 Å². The van der Waals surface area contributed by atoms with E-state index in [2.05, 4.69) is 83.1 Å². The van der Waals surface area contributed by atoms with Crippen LogP contribution in [0.25, 0.3) is 0 Å². The highest BCUT2D eigenvalue weighted by Crippen LogP contribution is 2.43. The van der Waals surface area contributed by atoms with Crippen LogP contribution in [0.3, 0.4) is 0 Å². The molecule has 0 aromatic carbocycles.